The maximum atomic E-state index is 11.9. The number of pyridine rings is 1. The Hall–Kier alpha value is -2.44. The third-order valence-corrected chi connectivity index (χ3v) is 7.07. The topological polar surface area (TPSA) is 161 Å². The lowest BCUT2D eigenvalue weighted by atomic mass is 9.73. The number of aliphatic hydroxyl groups is 1. The molecule has 1 aromatic carbocycles. The number of hydrogen-bond donors (Lipinski definition) is 1. The first-order chi connectivity index (χ1) is 13.9. The second kappa shape index (κ2) is 8.24. The van der Waals surface area contributed by atoms with E-state index in [0.717, 1.165) is 25.9 Å². The smallest absolute Gasteiger partial charge is 0.497 e. The summed E-state index contributed by atoms with van der Waals surface area (Å²) in [5.41, 5.74) is 0.872. The summed E-state index contributed by atoms with van der Waals surface area (Å²) >= 11 is 0. The average molecular weight is 455 g/mol. The zero-order valence-corrected chi connectivity index (χ0v) is 17.8. The Morgan fingerprint density at radius 3 is 2.77 bits per heavy atom. The number of methoxy groups -OCH3 is 1. The summed E-state index contributed by atoms with van der Waals surface area (Å²) in [6.07, 6.45) is 2.89. The number of aromatic nitrogens is 1. The lowest BCUT2D eigenvalue weighted by Crippen LogP contribution is -2.54. The fraction of sp³-hybridized carbons (Fsp3) is 0.450. The molecule has 0 spiro atoms. The van der Waals surface area contributed by atoms with E-state index in [0.29, 0.717) is 34.1 Å². The number of aliphatic hydroxyl groups excluding tert-OH is 1. The molecule has 0 radical (unpaired) electrons. The molecule has 0 saturated carbocycles. The average Bonchev–Trinajstić information content (AvgIpc) is 3.04. The number of rotatable bonds is 4. The highest BCUT2D eigenvalue weighted by Gasteiger charge is 2.45. The van der Waals surface area contributed by atoms with Gasteiger partial charge in [0.2, 0.25) is 5.75 Å². The van der Waals surface area contributed by atoms with Crippen molar-refractivity contribution in [2.45, 2.75) is 25.0 Å². The Labute approximate surface area is 180 Å². The number of hydrogen-bond acceptors (Lipinski definition) is 8. The summed E-state index contributed by atoms with van der Waals surface area (Å²) in [6, 6.07) is 5.01. The minimum absolute atomic E-state index is 0. The van der Waals surface area contributed by atoms with Gasteiger partial charge >= 0.3 is 10.4 Å². The highest BCUT2D eigenvalue weighted by atomic mass is 32.3. The van der Waals surface area contributed by atoms with Gasteiger partial charge in [-0.1, -0.05) is 6.08 Å². The van der Waals surface area contributed by atoms with Crippen molar-refractivity contribution in [2.24, 2.45) is 11.8 Å². The van der Waals surface area contributed by atoms with Crippen LogP contribution in [0.15, 0.2) is 30.9 Å². The largest absolute Gasteiger partial charge is 0.502 e. The van der Waals surface area contributed by atoms with E-state index in [4.69, 9.17) is 13.1 Å². The fourth-order valence-electron chi connectivity index (χ4n) is 4.90. The molecule has 1 unspecified atom stereocenters. The van der Waals surface area contributed by atoms with Crippen molar-refractivity contribution >= 4 is 21.3 Å². The van der Waals surface area contributed by atoms with Crippen LogP contribution in [0.3, 0.4) is 0 Å². The van der Waals surface area contributed by atoms with Crippen LogP contribution in [0.1, 0.15) is 24.5 Å². The molecule has 2 bridgehead atoms. The van der Waals surface area contributed by atoms with Crippen LogP contribution in [0, 0.1) is 11.8 Å². The maximum absolute atomic E-state index is 11.9. The van der Waals surface area contributed by atoms with Gasteiger partial charge in [0.05, 0.1) is 18.7 Å². The van der Waals surface area contributed by atoms with Crippen molar-refractivity contribution in [3.05, 3.63) is 36.4 Å². The molecule has 3 fully saturated rings. The fourth-order valence-corrected chi connectivity index (χ4v) is 5.60. The quantitative estimate of drug-likeness (QED) is 0.655. The molecule has 0 aliphatic carbocycles. The van der Waals surface area contributed by atoms with Crippen LogP contribution in [-0.4, -0.2) is 60.6 Å². The van der Waals surface area contributed by atoms with Gasteiger partial charge in [-0.2, -0.15) is 0 Å². The normalized spacial score (nSPS) is 28.3. The first-order valence-electron chi connectivity index (χ1n) is 9.60. The summed E-state index contributed by atoms with van der Waals surface area (Å²) in [4.78, 5) is 6.52. The molecule has 3 saturated heterocycles. The van der Waals surface area contributed by atoms with Gasteiger partial charge in [0.1, 0.15) is 5.75 Å². The van der Waals surface area contributed by atoms with Gasteiger partial charge in [-0.05, 0) is 49.4 Å². The standard InChI is InChI=1S/C20H22N2O6S.2H2O/c1-3-11-10-22-7-6-12(11)8-16(22)18(23)17-14-9-13(26-2)4-5-15(14)21-20-19(17)27-29(24,25)28-20;;/h3-5,9,11-12,16,18,23H,1,6-8,10H2,2H3;2*1H2/t11-,12-,16+,18+;;/m0../s1. The summed E-state index contributed by atoms with van der Waals surface area (Å²) in [6.45, 7) is 5.66. The predicted octanol–water partition coefficient (Wildman–Crippen LogP) is 0.540. The van der Waals surface area contributed by atoms with Gasteiger partial charge in [-0.3, -0.25) is 4.90 Å². The highest BCUT2D eigenvalue weighted by molar-refractivity contribution is 7.82. The lowest BCUT2D eigenvalue weighted by molar-refractivity contribution is -0.0448. The number of fused-ring (bicyclic) bond motifs is 5. The van der Waals surface area contributed by atoms with E-state index in [1.165, 1.54) is 0 Å². The molecule has 170 valence electrons. The van der Waals surface area contributed by atoms with Crippen LogP contribution in [0.25, 0.3) is 10.9 Å². The van der Waals surface area contributed by atoms with Crippen molar-refractivity contribution < 1.29 is 37.6 Å². The molecule has 4 aliphatic rings. The van der Waals surface area contributed by atoms with Crippen molar-refractivity contribution in [3.63, 3.8) is 0 Å². The van der Waals surface area contributed by atoms with Crippen LogP contribution >= 0.6 is 0 Å². The lowest BCUT2D eigenvalue weighted by Gasteiger charge is -2.50. The molecule has 2 aromatic rings. The van der Waals surface area contributed by atoms with Gasteiger partial charge in [-0.25, -0.2) is 4.98 Å². The molecule has 6 rings (SSSR count). The van der Waals surface area contributed by atoms with E-state index in [9.17, 15) is 13.5 Å². The monoisotopic (exact) mass is 454 g/mol. The highest BCUT2D eigenvalue weighted by Crippen LogP contribution is 2.48. The molecule has 11 heteroatoms. The Balaban J connectivity index is 0.00000136. The molecule has 10 nitrogen and oxygen atoms in total. The first kappa shape index (κ1) is 23.2. The van der Waals surface area contributed by atoms with E-state index in [-0.39, 0.29) is 28.6 Å². The summed E-state index contributed by atoms with van der Waals surface area (Å²) in [5, 5.41) is 12.0. The Morgan fingerprint density at radius 1 is 1.35 bits per heavy atom. The van der Waals surface area contributed by atoms with Gasteiger partial charge in [0.15, 0.2) is 0 Å². The van der Waals surface area contributed by atoms with E-state index in [2.05, 4.69) is 16.5 Å². The maximum Gasteiger partial charge on any atom is 0.502 e. The summed E-state index contributed by atoms with van der Waals surface area (Å²) in [5.74, 6) is 1.25. The molecule has 5 atom stereocenters. The van der Waals surface area contributed by atoms with Crippen LogP contribution in [-0.2, 0) is 10.4 Å². The second-order valence-corrected chi connectivity index (χ2v) is 8.96. The van der Waals surface area contributed by atoms with Gasteiger partial charge in [0.25, 0.3) is 5.88 Å². The Morgan fingerprint density at radius 2 is 2.13 bits per heavy atom. The molecule has 4 aliphatic heterocycles. The second-order valence-electron chi connectivity index (χ2n) is 7.81. The molecule has 0 amide bonds. The summed E-state index contributed by atoms with van der Waals surface area (Å²) in [7, 11) is -2.70. The van der Waals surface area contributed by atoms with Gasteiger partial charge in [-0.15, -0.1) is 15.0 Å². The Kier molecular flexibility index (Phi) is 6.18. The summed E-state index contributed by atoms with van der Waals surface area (Å²) < 4.78 is 39.2. The molecule has 5 N–H and O–H groups in total. The predicted molar refractivity (Wildman–Crippen MR) is 112 cm³/mol. The molecule has 1 aromatic heterocycles. The van der Waals surface area contributed by atoms with Crippen LogP contribution < -0.4 is 13.1 Å². The van der Waals surface area contributed by atoms with E-state index in [1.54, 1.807) is 25.3 Å². The van der Waals surface area contributed by atoms with E-state index >= 15 is 0 Å². The number of ether oxygens (including phenoxy) is 1. The van der Waals surface area contributed by atoms with Crippen molar-refractivity contribution in [1.82, 2.24) is 9.88 Å². The number of piperidine rings is 3. The number of nitrogens with zero attached hydrogens (tertiary/aromatic N) is 2. The minimum Gasteiger partial charge on any atom is -0.497 e. The third-order valence-electron chi connectivity index (χ3n) is 6.34. The van der Waals surface area contributed by atoms with Crippen LogP contribution in [0.4, 0.5) is 0 Å². The van der Waals surface area contributed by atoms with Crippen LogP contribution in [0.2, 0.25) is 0 Å². The third kappa shape index (κ3) is 3.72. The van der Waals surface area contributed by atoms with Gasteiger partial charge < -0.3 is 29.2 Å². The van der Waals surface area contributed by atoms with Crippen molar-refractivity contribution in [3.8, 4) is 17.4 Å². The van der Waals surface area contributed by atoms with Gasteiger partial charge in [0, 0.05) is 23.5 Å². The zero-order valence-electron chi connectivity index (χ0n) is 16.9. The van der Waals surface area contributed by atoms with Crippen molar-refractivity contribution in [2.75, 3.05) is 20.2 Å². The minimum atomic E-state index is -4.24. The Bertz CT molecular complexity index is 1110. The molecule has 31 heavy (non-hydrogen) atoms. The molecular weight excluding hydrogens is 428 g/mol. The van der Waals surface area contributed by atoms with Crippen LogP contribution in [0.5, 0.6) is 17.4 Å². The zero-order chi connectivity index (χ0) is 20.3. The molecule has 5 heterocycles. The first-order valence-corrected chi connectivity index (χ1v) is 10.9. The van der Waals surface area contributed by atoms with E-state index in [1.807, 2.05) is 6.08 Å². The number of benzene rings is 1. The molecular formula is C20H26N2O8S. The SMILES string of the molecule is C=C[C@H]1CN2CC[C@H]1C[C@@H]2[C@@H](O)c1c2c(nc3ccc(OC)cc13)OS(=O)(=O)O2.O.O. The van der Waals surface area contributed by atoms with Crippen molar-refractivity contribution in [1.29, 1.82) is 0 Å². The van der Waals surface area contributed by atoms with E-state index < -0.39 is 16.5 Å².